The van der Waals surface area contributed by atoms with E-state index >= 15 is 0 Å². The molecule has 1 saturated heterocycles. The summed E-state index contributed by atoms with van der Waals surface area (Å²) in [6.07, 6.45) is 1.98. The Balaban J connectivity index is 2.08. The Labute approximate surface area is 105 Å². The van der Waals surface area contributed by atoms with Crippen molar-refractivity contribution < 1.29 is 13.6 Å². The SMILES string of the molecule is CC1(C(=O)Cc2ccc(F)c(F)c2)CCCNC1. The van der Waals surface area contributed by atoms with Gasteiger partial charge in [-0.1, -0.05) is 13.0 Å². The van der Waals surface area contributed by atoms with Crippen molar-refractivity contribution in [2.24, 2.45) is 5.41 Å². The van der Waals surface area contributed by atoms with Crippen molar-refractivity contribution in [3.63, 3.8) is 0 Å². The zero-order chi connectivity index (χ0) is 13.2. The first kappa shape index (κ1) is 13.1. The molecule has 1 aliphatic heterocycles. The molecule has 4 heteroatoms. The minimum Gasteiger partial charge on any atom is -0.316 e. The molecule has 0 aromatic heterocycles. The van der Waals surface area contributed by atoms with Crippen molar-refractivity contribution in [2.45, 2.75) is 26.2 Å². The van der Waals surface area contributed by atoms with E-state index in [1.54, 1.807) is 0 Å². The lowest BCUT2D eigenvalue weighted by molar-refractivity contribution is -0.128. The second kappa shape index (κ2) is 5.14. The molecular weight excluding hydrogens is 236 g/mol. The zero-order valence-electron chi connectivity index (χ0n) is 10.4. The van der Waals surface area contributed by atoms with Crippen LogP contribution in [0.1, 0.15) is 25.3 Å². The van der Waals surface area contributed by atoms with Crippen LogP contribution in [0.5, 0.6) is 0 Å². The molecule has 1 aromatic carbocycles. The lowest BCUT2D eigenvalue weighted by Gasteiger charge is -2.32. The molecule has 2 rings (SSSR count). The van der Waals surface area contributed by atoms with Crippen LogP contribution in [-0.2, 0) is 11.2 Å². The van der Waals surface area contributed by atoms with Crippen LogP contribution in [0.25, 0.3) is 0 Å². The van der Waals surface area contributed by atoms with Gasteiger partial charge in [-0.2, -0.15) is 0 Å². The van der Waals surface area contributed by atoms with Gasteiger partial charge in [0.1, 0.15) is 5.78 Å². The van der Waals surface area contributed by atoms with E-state index in [-0.39, 0.29) is 17.6 Å². The second-order valence-corrected chi connectivity index (χ2v) is 5.19. The summed E-state index contributed by atoms with van der Waals surface area (Å²) < 4.78 is 25.9. The van der Waals surface area contributed by atoms with Gasteiger partial charge in [0.15, 0.2) is 11.6 Å². The summed E-state index contributed by atoms with van der Waals surface area (Å²) in [6, 6.07) is 3.64. The standard InChI is InChI=1S/C14H17F2NO/c1-14(5-2-6-17-9-14)13(18)8-10-3-4-11(15)12(16)7-10/h3-4,7,17H,2,5-6,8-9H2,1H3. The lowest BCUT2D eigenvalue weighted by atomic mass is 9.77. The molecule has 1 unspecified atom stereocenters. The molecule has 0 saturated carbocycles. The largest absolute Gasteiger partial charge is 0.316 e. The number of hydrogen-bond donors (Lipinski definition) is 1. The minimum atomic E-state index is -0.896. The number of ketones is 1. The van der Waals surface area contributed by atoms with Crippen LogP contribution in [-0.4, -0.2) is 18.9 Å². The number of Topliss-reactive ketones (excluding diaryl/α,β-unsaturated/α-hetero) is 1. The summed E-state index contributed by atoms with van der Waals surface area (Å²) in [5.74, 6) is -1.69. The van der Waals surface area contributed by atoms with Crippen LogP contribution in [0, 0.1) is 17.0 Å². The van der Waals surface area contributed by atoms with Crippen molar-refractivity contribution in [2.75, 3.05) is 13.1 Å². The molecule has 1 fully saturated rings. The Morgan fingerprint density at radius 2 is 2.17 bits per heavy atom. The van der Waals surface area contributed by atoms with E-state index < -0.39 is 11.6 Å². The van der Waals surface area contributed by atoms with E-state index in [4.69, 9.17) is 0 Å². The maximum atomic E-state index is 13.1. The first-order valence-electron chi connectivity index (χ1n) is 6.19. The van der Waals surface area contributed by atoms with E-state index in [2.05, 4.69) is 5.32 Å². The average molecular weight is 253 g/mol. The topological polar surface area (TPSA) is 29.1 Å². The maximum absolute atomic E-state index is 13.1. The van der Waals surface area contributed by atoms with Crippen LogP contribution >= 0.6 is 0 Å². The number of piperidine rings is 1. The number of hydrogen-bond acceptors (Lipinski definition) is 2. The Morgan fingerprint density at radius 3 is 2.78 bits per heavy atom. The van der Waals surface area contributed by atoms with Gasteiger partial charge in [-0.05, 0) is 37.1 Å². The Hall–Kier alpha value is -1.29. The van der Waals surface area contributed by atoms with Crippen LogP contribution in [0.15, 0.2) is 18.2 Å². The third-order valence-corrected chi connectivity index (χ3v) is 3.62. The minimum absolute atomic E-state index is 0.0840. The van der Waals surface area contributed by atoms with Crippen molar-refractivity contribution >= 4 is 5.78 Å². The number of rotatable bonds is 3. The Kier molecular flexibility index (Phi) is 3.76. The fraction of sp³-hybridized carbons (Fsp3) is 0.500. The van der Waals surface area contributed by atoms with Gasteiger partial charge >= 0.3 is 0 Å². The van der Waals surface area contributed by atoms with Gasteiger partial charge in [-0.3, -0.25) is 4.79 Å². The molecule has 1 heterocycles. The van der Waals surface area contributed by atoms with Gasteiger partial charge in [-0.25, -0.2) is 8.78 Å². The third-order valence-electron chi connectivity index (χ3n) is 3.62. The highest BCUT2D eigenvalue weighted by atomic mass is 19.2. The van der Waals surface area contributed by atoms with Gasteiger partial charge < -0.3 is 5.32 Å². The van der Waals surface area contributed by atoms with E-state index in [1.807, 2.05) is 6.92 Å². The molecular formula is C14H17F2NO. The Morgan fingerprint density at radius 1 is 1.39 bits per heavy atom. The highest BCUT2D eigenvalue weighted by Crippen LogP contribution is 2.28. The summed E-state index contributed by atoms with van der Waals surface area (Å²) in [4.78, 5) is 12.2. The molecule has 18 heavy (non-hydrogen) atoms. The summed E-state index contributed by atoms with van der Waals surface area (Å²) in [5.41, 5.74) is 0.147. The van der Waals surface area contributed by atoms with E-state index in [0.29, 0.717) is 12.1 Å². The van der Waals surface area contributed by atoms with Gasteiger partial charge in [0.25, 0.3) is 0 Å². The lowest BCUT2D eigenvalue weighted by Crippen LogP contribution is -2.44. The number of carbonyl (C=O) groups excluding carboxylic acids is 1. The molecule has 1 atom stereocenters. The first-order valence-corrected chi connectivity index (χ1v) is 6.19. The number of carbonyl (C=O) groups is 1. The maximum Gasteiger partial charge on any atom is 0.159 e. The van der Waals surface area contributed by atoms with Crippen LogP contribution < -0.4 is 5.32 Å². The molecule has 0 aliphatic carbocycles. The highest BCUT2D eigenvalue weighted by molar-refractivity contribution is 5.86. The summed E-state index contributed by atoms with van der Waals surface area (Å²) in [6.45, 7) is 3.53. The molecule has 0 spiro atoms. The smallest absolute Gasteiger partial charge is 0.159 e. The zero-order valence-corrected chi connectivity index (χ0v) is 10.4. The van der Waals surface area contributed by atoms with Crippen LogP contribution in [0.4, 0.5) is 8.78 Å². The van der Waals surface area contributed by atoms with E-state index in [0.717, 1.165) is 31.5 Å². The summed E-state index contributed by atoms with van der Waals surface area (Å²) in [7, 11) is 0. The summed E-state index contributed by atoms with van der Waals surface area (Å²) >= 11 is 0. The number of benzene rings is 1. The van der Waals surface area contributed by atoms with Crippen LogP contribution in [0.2, 0.25) is 0 Å². The first-order chi connectivity index (χ1) is 8.51. The molecule has 0 radical (unpaired) electrons. The van der Waals surface area contributed by atoms with Crippen LogP contribution in [0.3, 0.4) is 0 Å². The molecule has 0 bridgehead atoms. The summed E-state index contributed by atoms with van der Waals surface area (Å²) in [5, 5.41) is 3.21. The van der Waals surface area contributed by atoms with Crippen molar-refractivity contribution in [1.29, 1.82) is 0 Å². The van der Waals surface area contributed by atoms with E-state index in [1.165, 1.54) is 6.07 Å². The molecule has 1 aromatic rings. The number of nitrogens with one attached hydrogen (secondary N) is 1. The quantitative estimate of drug-likeness (QED) is 0.896. The van der Waals surface area contributed by atoms with Crippen molar-refractivity contribution in [1.82, 2.24) is 5.32 Å². The molecule has 1 N–H and O–H groups in total. The van der Waals surface area contributed by atoms with E-state index in [9.17, 15) is 13.6 Å². The van der Waals surface area contributed by atoms with Crippen molar-refractivity contribution in [3.05, 3.63) is 35.4 Å². The molecule has 2 nitrogen and oxygen atoms in total. The average Bonchev–Trinajstić information content (AvgIpc) is 2.35. The fourth-order valence-electron chi connectivity index (χ4n) is 2.34. The third kappa shape index (κ3) is 2.75. The fourth-order valence-corrected chi connectivity index (χ4v) is 2.34. The Bertz CT molecular complexity index is 453. The van der Waals surface area contributed by atoms with Gasteiger partial charge in [-0.15, -0.1) is 0 Å². The molecule has 98 valence electrons. The van der Waals surface area contributed by atoms with Crippen molar-refractivity contribution in [3.8, 4) is 0 Å². The normalized spacial score (nSPS) is 23.9. The predicted octanol–water partition coefficient (Wildman–Crippen LogP) is 2.47. The van der Waals surface area contributed by atoms with Gasteiger partial charge in [0.2, 0.25) is 0 Å². The highest BCUT2D eigenvalue weighted by Gasteiger charge is 2.34. The number of halogens is 2. The molecule has 1 aliphatic rings. The van der Waals surface area contributed by atoms with Gasteiger partial charge in [0, 0.05) is 18.4 Å². The molecule has 0 amide bonds. The second-order valence-electron chi connectivity index (χ2n) is 5.19. The monoisotopic (exact) mass is 253 g/mol. The predicted molar refractivity (Wildman–Crippen MR) is 65.3 cm³/mol. The van der Waals surface area contributed by atoms with Gasteiger partial charge in [0.05, 0.1) is 0 Å².